The molecule has 0 amide bonds. The summed E-state index contributed by atoms with van der Waals surface area (Å²) in [5.74, 6) is 1.04. The van der Waals surface area contributed by atoms with E-state index in [9.17, 15) is 13.6 Å². The van der Waals surface area contributed by atoms with Crippen LogP contribution in [0.4, 0.5) is 8.78 Å². The van der Waals surface area contributed by atoms with Gasteiger partial charge >= 0.3 is 5.97 Å². The van der Waals surface area contributed by atoms with Crippen LogP contribution in [0.3, 0.4) is 0 Å². The zero-order valence-corrected chi connectivity index (χ0v) is 9.09. The van der Waals surface area contributed by atoms with Crippen LogP contribution in [0.25, 0.3) is 0 Å². The summed E-state index contributed by atoms with van der Waals surface area (Å²) in [6.45, 7) is 1.92. The molecule has 0 radical (unpaired) electrons. The van der Waals surface area contributed by atoms with Gasteiger partial charge in [-0.3, -0.25) is 4.79 Å². The second kappa shape index (κ2) is 5.85. The van der Waals surface area contributed by atoms with Gasteiger partial charge in [-0.25, -0.2) is 4.39 Å². The van der Waals surface area contributed by atoms with Crippen molar-refractivity contribution >= 4 is 5.97 Å². The number of esters is 1. The number of benzene rings is 1. The maximum absolute atomic E-state index is 12.9. The number of rotatable bonds is 2. The number of halogens is 2. The van der Waals surface area contributed by atoms with E-state index in [1.165, 1.54) is 0 Å². The maximum atomic E-state index is 12.9. The standard InChI is InChI=1S/C12H10F2O3/c1-2-17-11(16)5-3-4-8-6-9(13)12(14)10(15)7-8/h6-7,15H,2,5H2,1H3. The number of phenols is 1. The quantitative estimate of drug-likeness (QED) is 0.635. The van der Waals surface area contributed by atoms with Crippen LogP contribution in [0.2, 0.25) is 0 Å². The van der Waals surface area contributed by atoms with E-state index in [1.54, 1.807) is 6.92 Å². The third-order valence-electron chi connectivity index (χ3n) is 1.78. The van der Waals surface area contributed by atoms with E-state index in [0.717, 1.165) is 12.1 Å². The fraction of sp³-hybridized carbons (Fsp3) is 0.250. The summed E-state index contributed by atoms with van der Waals surface area (Å²) in [6, 6.07) is 1.82. The first-order valence-corrected chi connectivity index (χ1v) is 4.87. The van der Waals surface area contributed by atoms with Gasteiger partial charge in [-0.1, -0.05) is 11.8 Å². The molecule has 0 aliphatic heterocycles. The molecule has 0 aliphatic rings. The molecule has 0 fully saturated rings. The second-order valence-corrected chi connectivity index (χ2v) is 3.07. The van der Waals surface area contributed by atoms with Crippen LogP contribution in [0.5, 0.6) is 5.75 Å². The van der Waals surface area contributed by atoms with Gasteiger partial charge in [-0.05, 0) is 19.1 Å². The van der Waals surface area contributed by atoms with Crippen LogP contribution in [0.15, 0.2) is 12.1 Å². The molecule has 3 nitrogen and oxygen atoms in total. The van der Waals surface area contributed by atoms with Crippen molar-refractivity contribution in [2.45, 2.75) is 13.3 Å². The Kier molecular flexibility index (Phi) is 4.46. The van der Waals surface area contributed by atoms with Gasteiger partial charge in [0, 0.05) is 5.56 Å². The van der Waals surface area contributed by atoms with E-state index in [2.05, 4.69) is 16.6 Å². The molecule has 17 heavy (non-hydrogen) atoms. The number of carbonyl (C=O) groups excluding carboxylic acids is 1. The summed E-state index contributed by atoms with van der Waals surface area (Å²) in [6.07, 6.45) is -0.145. The highest BCUT2D eigenvalue weighted by Gasteiger charge is 2.08. The predicted molar refractivity (Wildman–Crippen MR) is 56.2 cm³/mol. The van der Waals surface area contributed by atoms with Gasteiger partial charge in [0.2, 0.25) is 0 Å². The molecular weight excluding hydrogens is 230 g/mol. The fourth-order valence-corrected chi connectivity index (χ4v) is 1.08. The smallest absolute Gasteiger partial charge is 0.317 e. The van der Waals surface area contributed by atoms with E-state index in [4.69, 9.17) is 5.11 Å². The van der Waals surface area contributed by atoms with Gasteiger partial charge in [0.25, 0.3) is 0 Å². The molecule has 0 aliphatic carbocycles. The fourth-order valence-electron chi connectivity index (χ4n) is 1.08. The Morgan fingerprint density at radius 3 is 2.76 bits per heavy atom. The van der Waals surface area contributed by atoms with E-state index in [1.807, 2.05) is 0 Å². The molecule has 5 heteroatoms. The first kappa shape index (κ1) is 13.0. The van der Waals surface area contributed by atoms with Gasteiger partial charge in [0.15, 0.2) is 17.4 Å². The summed E-state index contributed by atoms with van der Waals surface area (Å²) >= 11 is 0. The normalized spacial score (nSPS) is 9.35. The summed E-state index contributed by atoms with van der Waals surface area (Å²) in [7, 11) is 0. The molecule has 0 aromatic heterocycles. The number of hydrogen-bond acceptors (Lipinski definition) is 3. The first-order chi connectivity index (χ1) is 8.04. The number of hydrogen-bond donors (Lipinski definition) is 1. The summed E-state index contributed by atoms with van der Waals surface area (Å²) < 4.78 is 30.2. The van der Waals surface area contributed by atoms with Crippen molar-refractivity contribution in [1.82, 2.24) is 0 Å². The van der Waals surface area contributed by atoms with Gasteiger partial charge in [-0.15, -0.1) is 0 Å². The van der Waals surface area contributed by atoms with Crippen molar-refractivity contribution in [1.29, 1.82) is 0 Å². The monoisotopic (exact) mass is 240 g/mol. The lowest BCUT2D eigenvalue weighted by Gasteiger charge is -1.98. The summed E-state index contributed by atoms with van der Waals surface area (Å²) in [5.41, 5.74) is 0.0886. The van der Waals surface area contributed by atoms with Crippen LogP contribution < -0.4 is 0 Å². The Morgan fingerprint density at radius 1 is 1.47 bits per heavy atom. The molecule has 1 aromatic rings. The minimum Gasteiger partial charge on any atom is -0.505 e. The predicted octanol–water partition coefficient (Wildman–Crippen LogP) is 1.98. The minimum atomic E-state index is -1.32. The highest BCUT2D eigenvalue weighted by atomic mass is 19.2. The van der Waals surface area contributed by atoms with Crippen molar-refractivity contribution in [3.05, 3.63) is 29.3 Å². The average Bonchev–Trinajstić information content (AvgIpc) is 2.26. The van der Waals surface area contributed by atoms with Crippen molar-refractivity contribution in [3.63, 3.8) is 0 Å². The highest BCUT2D eigenvalue weighted by Crippen LogP contribution is 2.19. The number of ether oxygens (including phenoxy) is 1. The molecule has 1 N–H and O–H groups in total. The lowest BCUT2D eigenvalue weighted by Crippen LogP contribution is -2.01. The number of carbonyl (C=O) groups is 1. The third kappa shape index (κ3) is 3.76. The van der Waals surface area contributed by atoms with Crippen LogP contribution in [-0.2, 0) is 9.53 Å². The maximum Gasteiger partial charge on any atom is 0.317 e. The highest BCUT2D eigenvalue weighted by molar-refractivity contribution is 5.72. The van der Waals surface area contributed by atoms with Crippen LogP contribution in [0.1, 0.15) is 18.9 Å². The molecule has 0 unspecified atom stereocenters. The van der Waals surface area contributed by atoms with Crippen molar-refractivity contribution < 1.29 is 23.4 Å². The Balaban J connectivity index is 2.76. The SMILES string of the molecule is CCOC(=O)CC#Cc1cc(O)c(F)c(F)c1. The van der Waals surface area contributed by atoms with E-state index in [0.29, 0.717) is 0 Å². The molecular formula is C12H10F2O3. The van der Waals surface area contributed by atoms with Gasteiger partial charge in [0.05, 0.1) is 6.61 Å². The Hall–Kier alpha value is -2.09. The number of phenolic OH excluding ortho intramolecular Hbond substituents is 1. The van der Waals surface area contributed by atoms with Crippen LogP contribution in [0, 0.1) is 23.5 Å². The zero-order chi connectivity index (χ0) is 12.8. The van der Waals surface area contributed by atoms with Crippen LogP contribution in [-0.4, -0.2) is 17.7 Å². The molecule has 0 atom stereocenters. The largest absolute Gasteiger partial charge is 0.505 e. The second-order valence-electron chi connectivity index (χ2n) is 3.07. The van der Waals surface area contributed by atoms with Gasteiger partial charge in [-0.2, -0.15) is 4.39 Å². The molecule has 0 saturated heterocycles. The minimum absolute atomic E-state index is 0.0886. The van der Waals surface area contributed by atoms with E-state index in [-0.39, 0.29) is 18.6 Å². The summed E-state index contributed by atoms with van der Waals surface area (Å²) in [4.78, 5) is 10.9. The van der Waals surface area contributed by atoms with Crippen molar-refractivity contribution in [2.75, 3.05) is 6.61 Å². The molecule has 0 bridgehead atoms. The van der Waals surface area contributed by atoms with Crippen molar-refractivity contribution in [3.8, 4) is 17.6 Å². The third-order valence-corrected chi connectivity index (χ3v) is 1.78. The van der Waals surface area contributed by atoms with Crippen molar-refractivity contribution in [2.24, 2.45) is 0 Å². The van der Waals surface area contributed by atoms with Gasteiger partial charge < -0.3 is 9.84 Å². The molecule has 0 heterocycles. The molecule has 0 spiro atoms. The zero-order valence-electron chi connectivity index (χ0n) is 9.09. The Labute approximate surface area is 97.0 Å². The van der Waals surface area contributed by atoms with Crippen LogP contribution >= 0.6 is 0 Å². The average molecular weight is 240 g/mol. The molecule has 1 aromatic carbocycles. The summed E-state index contributed by atoms with van der Waals surface area (Å²) in [5, 5.41) is 9.00. The Morgan fingerprint density at radius 2 is 2.18 bits per heavy atom. The molecule has 90 valence electrons. The lowest BCUT2D eigenvalue weighted by molar-refractivity contribution is -0.141. The van der Waals surface area contributed by atoms with E-state index >= 15 is 0 Å². The van der Waals surface area contributed by atoms with Gasteiger partial charge in [0.1, 0.15) is 6.42 Å². The molecule has 1 rings (SSSR count). The Bertz CT molecular complexity index is 463. The van der Waals surface area contributed by atoms with E-state index < -0.39 is 23.4 Å². The number of aromatic hydroxyl groups is 1. The lowest BCUT2D eigenvalue weighted by atomic mass is 10.2. The first-order valence-electron chi connectivity index (χ1n) is 4.87. The molecule has 0 saturated carbocycles. The topological polar surface area (TPSA) is 46.5 Å².